The van der Waals surface area contributed by atoms with E-state index in [0.717, 1.165) is 12.0 Å². The lowest BCUT2D eigenvalue weighted by atomic mass is 9.99. The summed E-state index contributed by atoms with van der Waals surface area (Å²) in [6.07, 6.45) is 0.984. The maximum Gasteiger partial charge on any atom is 0.340 e. The molecule has 0 radical (unpaired) electrons. The van der Waals surface area contributed by atoms with Gasteiger partial charge in [0.1, 0.15) is 17.6 Å². The molecule has 1 fully saturated rings. The number of likely N-dealkylation sites (tertiary alicyclic amines) is 1. The van der Waals surface area contributed by atoms with E-state index in [1.807, 2.05) is 6.92 Å². The average molecular weight is 444 g/mol. The van der Waals surface area contributed by atoms with Crippen molar-refractivity contribution in [2.45, 2.75) is 65.6 Å². The molecule has 32 heavy (non-hydrogen) atoms. The monoisotopic (exact) mass is 443 g/mol. The van der Waals surface area contributed by atoms with Crippen molar-refractivity contribution in [1.29, 1.82) is 0 Å². The van der Waals surface area contributed by atoms with Gasteiger partial charge in [0.25, 0.3) is 5.91 Å². The quantitative estimate of drug-likeness (QED) is 0.664. The maximum absolute atomic E-state index is 13.3. The van der Waals surface area contributed by atoms with E-state index in [1.165, 1.54) is 12.1 Å². The van der Waals surface area contributed by atoms with E-state index < -0.39 is 17.9 Å². The first kappa shape index (κ1) is 23.5. The minimum atomic E-state index is -0.673. The molecule has 2 atom stereocenters. The van der Waals surface area contributed by atoms with Gasteiger partial charge in [-0.2, -0.15) is 0 Å². The number of ether oxygens (including phenoxy) is 1. The van der Waals surface area contributed by atoms with Gasteiger partial charge in [0.05, 0.1) is 17.7 Å². The number of nitrogens with one attached hydrogen (secondary N) is 2. The van der Waals surface area contributed by atoms with E-state index >= 15 is 0 Å². The van der Waals surface area contributed by atoms with Crippen molar-refractivity contribution in [2.24, 2.45) is 0 Å². The lowest BCUT2D eigenvalue weighted by Crippen LogP contribution is -2.52. The van der Waals surface area contributed by atoms with Gasteiger partial charge >= 0.3 is 5.97 Å². The lowest BCUT2D eigenvalue weighted by molar-refractivity contribution is -0.138. The Morgan fingerprint density at radius 2 is 1.84 bits per heavy atom. The minimum absolute atomic E-state index is 0.179. The number of H-pyrrole nitrogens is 1. The predicted octanol–water partition coefficient (Wildman–Crippen LogP) is 3.82. The van der Waals surface area contributed by atoms with E-state index in [0.29, 0.717) is 29.8 Å². The Balaban J connectivity index is 1.74. The first-order chi connectivity index (χ1) is 15.1. The van der Waals surface area contributed by atoms with Crippen molar-refractivity contribution in [1.82, 2.24) is 15.2 Å². The zero-order valence-corrected chi connectivity index (χ0v) is 19.1. The van der Waals surface area contributed by atoms with Crippen molar-refractivity contribution in [3.05, 3.63) is 58.2 Å². The number of carbonyl (C=O) groups is 3. The Labute approximate surface area is 187 Å². The molecule has 0 spiro atoms. The van der Waals surface area contributed by atoms with Crippen LogP contribution in [0.15, 0.2) is 24.3 Å². The van der Waals surface area contributed by atoms with Crippen LogP contribution in [-0.2, 0) is 9.53 Å². The topological polar surface area (TPSA) is 91.5 Å². The fourth-order valence-corrected chi connectivity index (χ4v) is 4.13. The van der Waals surface area contributed by atoms with Crippen LogP contribution in [0.1, 0.15) is 77.3 Å². The Morgan fingerprint density at radius 1 is 1.19 bits per heavy atom. The van der Waals surface area contributed by atoms with Gasteiger partial charge in [-0.25, -0.2) is 9.18 Å². The third-order valence-corrected chi connectivity index (χ3v) is 5.81. The number of carbonyl (C=O) groups excluding carboxylic acids is 3. The molecule has 1 aromatic carbocycles. The van der Waals surface area contributed by atoms with Gasteiger partial charge in [-0.1, -0.05) is 12.1 Å². The second kappa shape index (κ2) is 9.54. The highest BCUT2D eigenvalue weighted by Gasteiger charge is 2.34. The van der Waals surface area contributed by atoms with Crippen LogP contribution in [0.5, 0.6) is 0 Å². The van der Waals surface area contributed by atoms with Crippen molar-refractivity contribution in [2.75, 3.05) is 6.54 Å². The number of halogens is 1. The van der Waals surface area contributed by atoms with Gasteiger partial charge in [0.2, 0.25) is 5.91 Å². The molecule has 2 amide bonds. The van der Waals surface area contributed by atoms with Crippen molar-refractivity contribution < 1.29 is 23.5 Å². The summed E-state index contributed by atoms with van der Waals surface area (Å²) in [5, 5.41) is 2.82. The molecule has 2 aromatic rings. The summed E-state index contributed by atoms with van der Waals surface area (Å²) < 4.78 is 18.5. The molecule has 172 valence electrons. The normalized spacial score (nSPS) is 17.4. The van der Waals surface area contributed by atoms with Crippen molar-refractivity contribution in [3.63, 3.8) is 0 Å². The fraction of sp³-hybridized carbons (Fsp3) is 0.458. The molecule has 0 saturated carbocycles. The first-order valence-corrected chi connectivity index (χ1v) is 10.9. The van der Waals surface area contributed by atoms with Crippen LogP contribution in [0.3, 0.4) is 0 Å². The zero-order valence-electron chi connectivity index (χ0n) is 19.1. The van der Waals surface area contributed by atoms with Gasteiger partial charge in [-0.05, 0) is 70.7 Å². The van der Waals surface area contributed by atoms with Crippen LogP contribution in [0.25, 0.3) is 0 Å². The highest BCUT2D eigenvalue weighted by molar-refractivity contribution is 6.02. The van der Waals surface area contributed by atoms with Crippen LogP contribution in [0, 0.1) is 19.7 Å². The summed E-state index contributed by atoms with van der Waals surface area (Å²) in [5.74, 6) is -1.44. The molecule has 2 heterocycles. The number of hydrogen-bond donors (Lipinski definition) is 2. The number of piperidine rings is 1. The summed E-state index contributed by atoms with van der Waals surface area (Å²) >= 11 is 0. The molecule has 2 unspecified atom stereocenters. The van der Waals surface area contributed by atoms with E-state index in [9.17, 15) is 18.8 Å². The van der Waals surface area contributed by atoms with Crippen LogP contribution < -0.4 is 5.32 Å². The van der Waals surface area contributed by atoms with Crippen molar-refractivity contribution in [3.8, 4) is 0 Å². The molecule has 3 rings (SSSR count). The molecule has 0 bridgehead atoms. The molecule has 8 heteroatoms. The summed E-state index contributed by atoms with van der Waals surface area (Å²) in [6, 6.07) is 5.16. The number of esters is 1. The molecular weight excluding hydrogens is 413 g/mol. The minimum Gasteiger partial charge on any atom is -0.459 e. The number of aromatic nitrogens is 1. The summed E-state index contributed by atoms with van der Waals surface area (Å²) in [6.45, 7) is 9.36. The second-order valence-electron chi connectivity index (χ2n) is 8.51. The molecular formula is C24H30FN3O4. The highest BCUT2D eigenvalue weighted by Crippen LogP contribution is 2.26. The number of nitrogens with zero attached hydrogens (tertiary/aromatic N) is 1. The van der Waals surface area contributed by atoms with E-state index in [-0.39, 0.29) is 29.6 Å². The van der Waals surface area contributed by atoms with E-state index in [1.54, 1.807) is 44.7 Å². The Kier molecular flexibility index (Phi) is 7.01. The maximum atomic E-state index is 13.3. The largest absolute Gasteiger partial charge is 0.459 e. The molecule has 1 aromatic heterocycles. The fourth-order valence-electron chi connectivity index (χ4n) is 4.13. The Hall–Kier alpha value is -3.16. The second-order valence-corrected chi connectivity index (χ2v) is 8.51. The molecule has 2 N–H and O–H groups in total. The lowest BCUT2D eigenvalue weighted by Gasteiger charge is -2.37. The van der Waals surface area contributed by atoms with Crippen molar-refractivity contribution >= 4 is 17.8 Å². The Morgan fingerprint density at radius 3 is 2.47 bits per heavy atom. The number of amides is 2. The average Bonchev–Trinajstić information content (AvgIpc) is 3.03. The summed E-state index contributed by atoms with van der Waals surface area (Å²) in [7, 11) is 0. The Bertz CT molecular complexity index is 1010. The predicted molar refractivity (Wildman–Crippen MR) is 118 cm³/mol. The SMILES string of the molecule is Cc1[nH]c(C(=O)NC2CCCN(C(C)c3ccc(F)cc3)C2=O)c(C)c1C(=O)OC(C)C. The summed E-state index contributed by atoms with van der Waals surface area (Å²) in [5.41, 5.74) is 2.45. The van der Waals surface area contributed by atoms with Gasteiger partial charge < -0.3 is 19.9 Å². The number of benzene rings is 1. The molecule has 7 nitrogen and oxygen atoms in total. The van der Waals surface area contributed by atoms with Gasteiger partial charge in [-0.15, -0.1) is 0 Å². The standard InChI is InChI=1S/C24H30FN3O4/c1-13(2)32-24(31)20-14(3)21(26-15(20)4)22(29)27-19-7-6-12-28(23(19)30)16(5)17-8-10-18(25)11-9-17/h8-11,13,16,19,26H,6-7,12H2,1-5H3,(H,27,29). The third kappa shape index (κ3) is 4.84. The molecule has 0 aliphatic carbocycles. The van der Waals surface area contributed by atoms with Gasteiger partial charge in [-0.3, -0.25) is 9.59 Å². The number of aryl methyl sites for hydroxylation is 1. The molecule has 1 aliphatic rings. The number of rotatable bonds is 6. The smallest absolute Gasteiger partial charge is 0.340 e. The van der Waals surface area contributed by atoms with Gasteiger partial charge in [0.15, 0.2) is 0 Å². The number of hydrogen-bond acceptors (Lipinski definition) is 4. The molecule has 1 aliphatic heterocycles. The van der Waals surface area contributed by atoms with Crippen LogP contribution in [0.2, 0.25) is 0 Å². The highest BCUT2D eigenvalue weighted by atomic mass is 19.1. The van der Waals surface area contributed by atoms with E-state index in [2.05, 4.69) is 10.3 Å². The third-order valence-electron chi connectivity index (χ3n) is 5.81. The number of aromatic amines is 1. The van der Waals surface area contributed by atoms with Crippen LogP contribution in [-0.4, -0.2) is 46.4 Å². The van der Waals surface area contributed by atoms with Gasteiger partial charge in [0, 0.05) is 12.2 Å². The molecule has 1 saturated heterocycles. The first-order valence-electron chi connectivity index (χ1n) is 10.9. The zero-order chi connectivity index (χ0) is 23.6. The van der Waals surface area contributed by atoms with Crippen LogP contribution in [0.4, 0.5) is 4.39 Å². The van der Waals surface area contributed by atoms with Crippen LogP contribution >= 0.6 is 0 Å². The summed E-state index contributed by atoms with van der Waals surface area (Å²) in [4.78, 5) is 43.1. The van der Waals surface area contributed by atoms with E-state index in [4.69, 9.17) is 4.74 Å².